The summed E-state index contributed by atoms with van der Waals surface area (Å²) in [4.78, 5) is 134. The van der Waals surface area contributed by atoms with Crippen molar-refractivity contribution in [3.63, 3.8) is 0 Å². The molecular weight excluding hydrogens is 1480 g/mol. The van der Waals surface area contributed by atoms with Gasteiger partial charge >= 0.3 is 24.1 Å². The zero-order chi connectivity index (χ0) is 80.7. The normalized spacial score (nSPS) is 15.5. The SMILES string of the molecule is CCCNC(=O)Nc1cccc(S(=O)(=O)Nc2cccc([C@@H](CC(=O)O)NC(=O)Nc3ccc(NC(=O)NCCN(C)CCN(C)CCN(C)CC(=O)N[C@@H](CC(N)=O)C(=O)N4CCC[C@H]4C(=O)N[C@H](C(=O)N=[S@@](C)(=O)Cc4cc5cc(c4)O[C@@H](C)CCOc4cc(F)ccc4-c4nc(ncc4F)N5)C(C)C)cc3)c2)c1. The van der Waals surface area contributed by atoms with Gasteiger partial charge in [0, 0.05) is 111 Å². The number of carboxylic acids is 1. The second-order valence-electron chi connectivity index (χ2n) is 27.5. The molecule has 0 saturated carbocycles. The first-order valence-corrected chi connectivity index (χ1v) is 39.5. The minimum absolute atomic E-state index is 0.0395. The van der Waals surface area contributed by atoms with Crippen molar-refractivity contribution in [1.82, 2.24) is 56.2 Å². The summed E-state index contributed by atoms with van der Waals surface area (Å²) in [6.45, 7) is 10.4. The number of hydrogen-bond acceptors (Lipinski definition) is 20. The van der Waals surface area contributed by atoms with Gasteiger partial charge in [0.05, 0.1) is 64.7 Å². The number of nitrogens with one attached hydrogen (secondary N) is 10. The van der Waals surface area contributed by atoms with E-state index in [1.807, 2.05) is 30.8 Å². The van der Waals surface area contributed by atoms with E-state index in [4.69, 9.17) is 15.2 Å². The summed E-state index contributed by atoms with van der Waals surface area (Å²) in [6.07, 6.45) is 2.26. The molecule has 37 heteroatoms. The van der Waals surface area contributed by atoms with Gasteiger partial charge in [0.2, 0.25) is 29.6 Å². The Kier molecular flexibility index (Phi) is 30.8. The number of aromatic nitrogens is 2. The molecule has 33 nitrogen and oxygen atoms in total. The van der Waals surface area contributed by atoms with E-state index in [9.17, 15) is 65.3 Å². The van der Waals surface area contributed by atoms with Gasteiger partial charge in [-0.05, 0) is 143 Å². The van der Waals surface area contributed by atoms with E-state index in [0.717, 1.165) is 18.3 Å². The Morgan fingerprint density at radius 3 is 2.09 bits per heavy atom. The number of halogens is 2. The molecule has 13 N–H and O–H groups in total. The number of aliphatic carboxylic acids is 1. The Morgan fingerprint density at radius 1 is 0.748 bits per heavy atom. The Hall–Kier alpha value is -11.2. The van der Waals surface area contributed by atoms with E-state index in [0.29, 0.717) is 86.9 Å². The van der Waals surface area contributed by atoms with E-state index in [1.165, 1.54) is 77.9 Å². The molecule has 6 aromatic rings. The smallest absolute Gasteiger partial charge is 0.319 e. The Morgan fingerprint density at radius 2 is 1.41 bits per heavy atom. The van der Waals surface area contributed by atoms with E-state index in [2.05, 4.69) is 66.9 Å². The predicted octanol–water partition coefficient (Wildman–Crippen LogP) is 6.62. The number of amides is 11. The van der Waals surface area contributed by atoms with Crippen molar-refractivity contribution < 1.29 is 79.1 Å². The highest BCUT2D eigenvalue weighted by atomic mass is 32.2. The molecule has 1 fully saturated rings. The van der Waals surface area contributed by atoms with Crippen LogP contribution in [0.15, 0.2) is 125 Å². The number of likely N-dealkylation sites (N-methyl/N-ethyl adjacent to an activating group) is 3. The van der Waals surface area contributed by atoms with Crippen LogP contribution in [0.25, 0.3) is 11.3 Å². The highest BCUT2D eigenvalue weighted by Crippen LogP contribution is 2.34. The van der Waals surface area contributed by atoms with Gasteiger partial charge in [-0.3, -0.25) is 38.4 Å². The minimum Gasteiger partial charge on any atom is -0.493 e. The molecular formula is C74H96F2N18O15S2. The van der Waals surface area contributed by atoms with Crippen LogP contribution in [0.1, 0.15) is 83.4 Å². The van der Waals surface area contributed by atoms with Crippen LogP contribution in [0.2, 0.25) is 0 Å². The van der Waals surface area contributed by atoms with Gasteiger partial charge in [0.15, 0.2) is 5.82 Å². The molecule has 1 aromatic heterocycles. The van der Waals surface area contributed by atoms with E-state index < -0.39 is 134 Å². The van der Waals surface area contributed by atoms with Crippen molar-refractivity contribution in [2.24, 2.45) is 16.0 Å². The average Bonchev–Trinajstić information content (AvgIpc) is 1.49. The van der Waals surface area contributed by atoms with Crippen molar-refractivity contribution >= 4 is 108 Å². The number of anilines is 6. The first kappa shape index (κ1) is 85.5. The van der Waals surface area contributed by atoms with Crippen molar-refractivity contribution in [1.29, 1.82) is 0 Å². The second kappa shape index (κ2) is 40.0. The van der Waals surface area contributed by atoms with E-state index in [-0.39, 0.29) is 83.2 Å². The summed E-state index contributed by atoms with van der Waals surface area (Å²) in [7, 11) is -2.09. The molecule has 0 radical (unpaired) electrons. The van der Waals surface area contributed by atoms with Crippen molar-refractivity contribution in [2.75, 3.05) is 119 Å². The maximum atomic E-state index is 15.3. The van der Waals surface area contributed by atoms with Crippen LogP contribution in [-0.4, -0.2) is 218 Å². The lowest BCUT2D eigenvalue weighted by molar-refractivity contribution is -0.143. The number of nitrogens with zero attached hydrogens (tertiary/aromatic N) is 7. The fraction of sp³-hybridized carbons (Fsp3) is 0.419. The van der Waals surface area contributed by atoms with Crippen molar-refractivity contribution in [3.05, 3.63) is 138 Å². The number of nitrogens with two attached hydrogens (primary N) is 1. The number of sulfonamides is 1. The third-order valence-electron chi connectivity index (χ3n) is 17.6. The molecule has 0 aliphatic carbocycles. The zero-order valence-corrected chi connectivity index (χ0v) is 64.5. The maximum absolute atomic E-state index is 15.3. The Balaban J connectivity index is 0.749. The molecule has 5 aromatic carbocycles. The molecule has 6 atom stereocenters. The summed E-state index contributed by atoms with van der Waals surface area (Å²) in [5, 5.41) is 34.1. The molecule has 8 rings (SSSR count). The molecule has 2 aliphatic heterocycles. The predicted molar refractivity (Wildman–Crippen MR) is 414 cm³/mol. The number of hydrogen-bond donors (Lipinski definition) is 12. The lowest BCUT2D eigenvalue weighted by Crippen LogP contribution is -2.57. The van der Waals surface area contributed by atoms with E-state index >= 15 is 4.39 Å². The fourth-order valence-electron chi connectivity index (χ4n) is 11.9. The van der Waals surface area contributed by atoms with Gasteiger partial charge in [-0.1, -0.05) is 39.0 Å². The van der Waals surface area contributed by atoms with Crippen LogP contribution >= 0.6 is 0 Å². The number of fused-ring (bicyclic) bond motifs is 6. The summed E-state index contributed by atoms with van der Waals surface area (Å²) >= 11 is 0. The largest absolute Gasteiger partial charge is 0.493 e. The molecule has 4 bridgehead atoms. The third kappa shape index (κ3) is 26.8. The molecule has 1 saturated heterocycles. The van der Waals surface area contributed by atoms with E-state index in [1.54, 1.807) is 63.1 Å². The summed E-state index contributed by atoms with van der Waals surface area (Å²) in [5.74, 6) is -6.87. The molecule has 0 spiro atoms. The molecule has 598 valence electrons. The van der Waals surface area contributed by atoms with Crippen LogP contribution in [0, 0.1) is 17.6 Å². The lowest BCUT2D eigenvalue weighted by atomic mass is 10.0. The number of rotatable bonds is 33. The number of primary amides is 1. The number of carbonyl (C=O) groups is 9. The number of ether oxygens (including phenoxy) is 2. The number of carbonyl (C=O) groups excluding carboxylic acids is 8. The highest BCUT2D eigenvalue weighted by Gasteiger charge is 2.40. The fourth-order valence-corrected chi connectivity index (χ4v) is 14.3. The van der Waals surface area contributed by atoms with Crippen molar-refractivity contribution in [2.45, 2.75) is 107 Å². The van der Waals surface area contributed by atoms with Crippen molar-refractivity contribution in [3.8, 4) is 22.8 Å². The lowest BCUT2D eigenvalue weighted by Gasteiger charge is -2.30. The molecule has 3 heterocycles. The zero-order valence-electron chi connectivity index (χ0n) is 62.9. The van der Waals surface area contributed by atoms with Crippen LogP contribution in [0.5, 0.6) is 11.5 Å². The molecule has 0 unspecified atom stereocenters. The third-order valence-corrected chi connectivity index (χ3v) is 20.4. The Labute approximate surface area is 642 Å². The number of carboxylic acid groups (broad SMARTS) is 1. The first-order chi connectivity index (χ1) is 52.7. The topological polar surface area (TPSA) is 441 Å². The summed E-state index contributed by atoms with van der Waals surface area (Å²) in [5.41, 5.74) is 7.73. The van der Waals surface area contributed by atoms with Crippen LogP contribution in [0.3, 0.4) is 0 Å². The molecule has 2 aliphatic rings. The van der Waals surface area contributed by atoms with Gasteiger partial charge in [-0.25, -0.2) is 45.8 Å². The number of urea groups is 3. The summed E-state index contributed by atoms with van der Waals surface area (Å²) in [6, 6.07) is 19.5. The van der Waals surface area contributed by atoms with Crippen LogP contribution in [-0.2, 0) is 54.3 Å². The highest BCUT2D eigenvalue weighted by molar-refractivity contribution is 7.93. The first-order valence-electron chi connectivity index (χ1n) is 35.9. The maximum Gasteiger partial charge on any atom is 0.319 e. The standard InChI is InChI=1S/C74H96F2N18O15S2/c1-9-25-78-72(102)84-52-14-11-16-56(39-52)111(106,107)89-53-15-10-13-48(36-53)59(41-65(97)98)86-74(104)83-51-21-19-50(20-22-51)82-73(103)79-26-28-91(5)29-30-92(6)31-32-93(7)43-64(96)85-60(40-63(77)95)70(101)94-27-12-17-61(94)68(99)87-66(45(2)3)69(100)90-110(8,105)44-47-34-54-38-55(35-47)109-46(4)24-33-108-62-37-49(75)18-23-57(62)67-58(76)42-80-71(81-54)88-67/h10-11,13-16,18-23,34-39,42,45-46,59-61,66,89H,9,12,17,24-33,40-41,43-44H2,1-8H3,(H2,77,95)(H,85,96)(H,87,99)(H,97,98)(H2,78,84,102)(H2,79,82,103)(H,80,81,88)(H2,83,86,104)/t46-,59+,60-,61-,66-,110-/m0/s1. The van der Waals surface area contributed by atoms with Crippen LogP contribution < -0.4 is 67.8 Å². The monoisotopic (exact) mass is 1580 g/mol. The van der Waals surface area contributed by atoms with Crippen LogP contribution in [0.4, 0.5) is 57.5 Å². The molecule has 111 heavy (non-hydrogen) atoms. The van der Waals surface area contributed by atoms with Gasteiger partial charge in [-0.15, -0.1) is 0 Å². The van der Waals surface area contributed by atoms with Gasteiger partial charge in [0.25, 0.3) is 15.9 Å². The molecule has 11 amide bonds. The quantitative estimate of drug-likeness (QED) is 0.0206. The number of benzene rings is 5. The van der Waals surface area contributed by atoms with Gasteiger partial charge in [0.1, 0.15) is 41.1 Å². The average molecular weight is 1580 g/mol. The van der Waals surface area contributed by atoms with Gasteiger partial charge in [-0.2, -0.15) is 4.36 Å². The summed E-state index contributed by atoms with van der Waals surface area (Å²) < 4.78 is 89.4. The number of likely N-dealkylation sites (tertiary alicyclic amines) is 1. The Bertz CT molecular complexity index is 4590. The second-order valence-corrected chi connectivity index (χ2v) is 31.6. The van der Waals surface area contributed by atoms with Gasteiger partial charge < -0.3 is 82.9 Å². The minimum atomic E-state index is -4.19.